The summed E-state index contributed by atoms with van der Waals surface area (Å²) >= 11 is 0. The fourth-order valence-corrected chi connectivity index (χ4v) is 3.38. The van der Waals surface area contributed by atoms with Gasteiger partial charge in [-0.25, -0.2) is 4.98 Å². The molecule has 4 nitrogen and oxygen atoms in total. The van der Waals surface area contributed by atoms with Gasteiger partial charge < -0.3 is 4.98 Å². The maximum atomic E-state index is 12.9. The van der Waals surface area contributed by atoms with Gasteiger partial charge in [-0.05, 0) is 30.4 Å². The van der Waals surface area contributed by atoms with Gasteiger partial charge in [0.1, 0.15) is 5.82 Å². The Bertz CT molecular complexity index is 668. The molecule has 0 aliphatic carbocycles. The third-order valence-corrected chi connectivity index (χ3v) is 4.84. The molecule has 1 aromatic carbocycles. The molecule has 1 aliphatic rings. The number of piperidine rings is 1. The number of carbonyl (C=O) groups excluding carboxylic acids is 1. The van der Waals surface area contributed by atoms with Crippen molar-refractivity contribution < 1.29 is 4.79 Å². The molecule has 1 aromatic heterocycles. The molecule has 0 bridgehead atoms. The zero-order valence-corrected chi connectivity index (χ0v) is 14.9. The summed E-state index contributed by atoms with van der Waals surface area (Å²) < 4.78 is 0. The smallest absolute Gasteiger partial charge is 0.167 e. The summed E-state index contributed by atoms with van der Waals surface area (Å²) in [6.45, 7) is 9.22. The van der Waals surface area contributed by atoms with Gasteiger partial charge in [0, 0.05) is 30.4 Å². The van der Waals surface area contributed by atoms with Gasteiger partial charge in [0.15, 0.2) is 5.78 Å². The van der Waals surface area contributed by atoms with Gasteiger partial charge in [0.2, 0.25) is 0 Å². The van der Waals surface area contributed by atoms with Crippen LogP contribution < -0.4 is 0 Å². The Morgan fingerprint density at radius 1 is 1.29 bits per heavy atom. The van der Waals surface area contributed by atoms with E-state index in [-0.39, 0.29) is 17.1 Å². The first kappa shape index (κ1) is 16.9. The van der Waals surface area contributed by atoms with Crippen LogP contribution in [-0.2, 0) is 12.0 Å². The lowest BCUT2D eigenvalue weighted by atomic mass is 9.85. The second kappa shape index (κ2) is 6.89. The van der Waals surface area contributed by atoms with E-state index in [2.05, 4.69) is 47.8 Å². The molecular weight excluding hydrogens is 298 g/mol. The highest BCUT2D eigenvalue weighted by Crippen LogP contribution is 2.25. The van der Waals surface area contributed by atoms with E-state index in [0.717, 1.165) is 43.9 Å². The molecule has 3 rings (SSSR count). The van der Waals surface area contributed by atoms with E-state index in [1.807, 2.05) is 18.3 Å². The highest BCUT2D eigenvalue weighted by atomic mass is 16.1. The second-order valence-electron chi connectivity index (χ2n) is 7.80. The number of ketones is 1. The summed E-state index contributed by atoms with van der Waals surface area (Å²) in [5, 5.41) is 0. The number of hydrogen-bond acceptors (Lipinski definition) is 3. The number of benzene rings is 1. The number of rotatable bonds is 4. The lowest BCUT2D eigenvalue weighted by Crippen LogP contribution is -2.38. The number of aromatic nitrogens is 2. The Balaban J connectivity index is 1.65. The molecule has 0 unspecified atom stereocenters. The Morgan fingerprint density at radius 2 is 2.04 bits per heavy atom. The number of nitrogens with zero attached hydrogens (tertiary/aromatic N) is 2. The number of nitrogens with one attached hydrogen (secondary N) is 1. The van der Waals surface area contributed by atoms with Crippen LogP contribution in [0.2, 0.25) is 0 Å². The number of H-pyrrole nitrogens is 1. The van der Waals surface area contributed by atoms with E-state index in [1.54, 1.807) is 6.20 Å². The van der Waals surface area contributed by atoms with E-state index < -0.39 is 0 Å². The highest BCUT2D eigenvalue weighted by molar-refractivity contribution is 5.98. The molecule has 24 heavy (non-hydrogen) atoms. The molecule has 1 atom stereocenters. The molecule has 0 radical (unpaired) electrons. The molecule has 1 aliphatic heterocycles. The molecule has 0 amide bonds. The first-order chi connectivity index (χ1) is 11.4. The van der Waals surface area contributed by atoms with Crippen molar-refractivity contribution in [2.24, 2.45) is 5.92 Å². The second-order valence-corrected chi connectivity index (χ2v) is 7.80. The summed E-state index contributed by atoms with van der Waals surface area (Å²) in [4.78, 5) is 22.6. The van der Waals surface area contributed by atoms with Gasteiger partial charge in [-0.1, -0.05) is 45.0 Å². The Kier molecular flexibility index (Phi) is 4.86. The van der Waals surface area contributed by atoms with Crippen LogP contribution in [-0.4, -0.2) is 33.7 Å². The van der Waals surface area contributed by atoms with Crippen molar-refractivity contribution in [1.82, 2.24) is 14.9 Å². The Morgan fingerprint density at radius 3 is 2.67 bits per heavy atom. The van der Waals surface area contributed by atoms with Gasteiger partial charge in [-0.15, -0.1) is 0 Å². The van der Waals surface area contributed by atoms with Crippen molar-refractivity contribution in [2.75, 3.05) is 13.1 Å². The van der Waals surface area contributed by atoms with Crippen LogP contribution in [0.3, 0.4) is 0 Å². The van der Waals surface area contributed by atoms with Crippen molar-refractivity contribution in [3.8, 4) is 0 Å². The number of carbonyl (C=O) groups is 1. The van der Waals surface area contributed by atoms with Crippen LogP contribution in [0.1, 0.15) is 55.4 Å². The minimum atomic E-state index is 0.0919. The monoisotopic (exact) mass is 325 g/mol. The van der Waals surface area contributed by atoms with Crippen LogP contribution in [0.4, 0.5) is 0 Å². The van der Waals surface area contributed by atoms with E-state index in [4.69, 9.17) is 0 Å². The third-order valence-electron chi connectivity index (χ3n) is 4.84. The quantitative estimate of drug-likeness (QED) is 0.870. The van der Waals surface area contributed by atoms with Gasteiger partial charge in [-0.2, -0.15) is 0 Å². The van der Waals surface area contributed by atoms with Gasteiger partial charge in [-0.3, -0.25) is 9.69 Å². The largest absolute Gasteiger partial charge is 0.348 e. The zero-order chi connectivity index (χ0) is 17.2. The predicted molar refractivity (Wildman–Crippen MR) is 96.1 cm³/mol. The normalized spacial score (nSPS) is 19.4. The fourth-order valence-electron chi connectivity index (χ4n) is 3.38. The van der Waals surface area contributed by atoms with E-state index in [0.29, 0.717) is 0 Å². The zero-order valence-electron chi connectivity index (χ0n) is 14.9. The topological polar surface area (TPSA) is 49.0 Å². The molecule has 1 fully saturated rings. The van der Waals surface area contributed by atoms with Crippen LogP contribution >= 0.6 is 0 Å². The maximum absolute atomic E-state index is 12.9. The van der Waals surface area contributed by atoms with E-state index in [9.17, 15) is 4.79 Å². The summed E-state index contributed by atoms with van der Waals surface area (Å²) in [6.07, 6.45) is 5.67. The van der Waals surface area contributed by atoms with Crippen LogP contribution in [0, 0.1) is 5.92 Å². The van der Waals surface area contributed by atoms with Crippen molar-refractivity contribution in [3.05, 3.63) is 53.6 Å². The molecule has 1 saturated heterocycles. The number of Topliss-reactive ketones (excluding diaryl/α,β-unsaturated/α-hetero) is 1. The van der Waals surface area contributed by atoms with Gasteiger partial charge >= 0.3 is 0 Å². The van der Waals surface area contributed by atoms with Crippen LogP contribution in [0.25, 0.3) is 0 Å². The molecule has 4 heteroatoms. The Labute approximate surface area is 144 Å². The van der Waals surface area contributed by atoms with Crippen molar-refractivity contribution >= 4 is 5.78 Å². The van der Waals surface area contributed by atoms with E-state index >= 15 is 0 Å². The summed E-state index contributed by atoms with van der Waals surface area (Å²) in [6, 6.07) is 8.18. The Hall–Kier alpha value is -1.94. The first-order valence-corrected chi connectivity index (χ1v) is 8.79. The van der Waals surface area contributed by atoms with Crippen molar-refractivity contribution in [3.63, 3.8) is 0 Å². The average Bonchev–Trinajstić information content (AvgIpc) is 3.07. The minimum Gasteiger partial charge on any atom is -0.348 e. The molecule has 2 aromatic rings. The van der Waals surface area contributed by atoms with Gasteiger partial charge in [0.05, 0.1) is 6.54 Å². The van der Waals surface area contributed by atoms with Crippen LogP contribution in [0.5, 0.6) is 0 Å². The molecular formula is C20H27N3O. The molecule has 0 spiro atoms. The van der Waals surface area contributed by atoms with Crippen molar-refractivity contribution in [2.45, 2.75) is 45.6 Å². The summed E-state index contributed by atoms with van der Waals surface area (Å²) in [7, 11) is 0. The molecule has 0 saturated carbocycles. The number of likely N-dealkylation sites (tertiary alicyclic amines) is 1. The van der Waals surface area contributed by atoms with Crippen molar-refractivity contribution in [1.29, 1.82) is 0 Å². The van der Waals surface area contributed by atoms with Crippen LogP contribution in [0.15, 0.2) is 36.7 Å². The number of aromatic amines is 1. The summed E-state index contributed by atoms with van der Waals surface area (Å²) in [5.41, 5.74) is 2.22. The lowest BCUT2D eigenvalue weighted by molar-refractivity contribution is 0.0808. The molecule has 1 N–H and O–H groups in total. The first-order valence-electron chi connectivity index (χ1n) is 8.79. The molecule has 2 heterocycles. The van der Waals surface area contributed by atoms with Gasteiger partial charge in [0.25, 0.3) is 0 Å². The third kappa shape index (κ3) is 3.93. The van der Waals surface area contributed by atoms with E-state index in [1.165, 1.54) is 5.56 Å². The average molecular weight is 325 g/mol. The highest BCUT2D eigenvalue weighted by Gasteiger charge is 2.27. The number of hydrogen-bond donors (Lipinski definition) is 1. The fraction of sp³-hybridized carbons (Fsp3) is 0.500. The maximum Gasteiger partial charge on any atom is 0.167 e. The lowest BCUT2D eigenvalue weighted by Gasteiger charge is -2.31. The standard InChI is InChI=1S/C20H27N3O/c1-20(2,3)17-8-6-15(7-9-17)19(24)16-5-4-12-23(13-16)14-18-21-10-11-22-18/h6-11,16H,4-5,12-14H2,1-3H3,(H,21,22)/t16-/m1/s1. The predicted octanol–water partition coefficient (Wildman–Crippen LogP) is 3.80. The minimum absolute atomic E-state index is 0.0919. The molecule has 128 valence electrons. The summed E-state index contributed by atoms with van der Waals surface area (Å²) in [5.74, 6) is 1.34. The number of imidazole rings is 1. The SMILES string of the molecule is CC(C)(C)c1ccc(C(=O)[C@@H]2CCCN(Cc3ncc[nH]3)C2)cc1.